The number of rotatable bonds is 4. The minimum absolute atomic E-state index is 0.197. The summed E-state index contributed by atoms with van der Waals surface area (Å²) in [4.78, 5) is 5.09. The third kappa shape index (κ3) is 3.90. The molecule has 0 bridgehead atoms. The van der Waals surface area contributed by atoms with E-state index in [1.165, 1.54) is 3.97 Å². The first-order chi connectivity index (χ1) is 20.7. The van der Waals surface area contributed by atoms with Crippen LogP contribution in [0.4, 0.5) is 0 Å². The minimum Gasteiger partial charge on any atom is -0.366 e. The molecule has 6 heterocycles. The first kappa shape index (κ1) is 26.8. The average Bonchev–Trinajstić information content (AvgIpc) is 3.76. The number of nitrogens with one attached hydrogen (secondary N) is 1. The van der Waals surface area contributed by atoms with E-state index in [0.717, 1.165) is 64.7 Å². The second-order valence-corrected chi connectivity index (χ2v) is 14.1. The quantitative estimate of drug-likeness (QED) is 0.304. The fraction of sp³-hybridized carbons (Fsp3) is 0.333. The lowest BCUT2D eigenvalue weighted by atomic mass is 9.81. The number of pyridine rings is 1. The molecular formula is C33H33N5O4S. The molecule has 1 fully saturated rings. The van der Waals surface area contributed by atoms with Crippen LogP contribution in [0.3, 0.4) is 0 Å². The van der Waals surface area contributed by atoms with Crippen molar-refractivity contribution >= 4 is 21.1 Å². The van der Waals surface area contributed by atoms with Gasteiger partial charge in [-0.05, 0) is 74.7 Å². The SMILES string of the molecule is Cn1cc(-c2c(-c3ccc4c(c3)COC4(C)C)c3c4c(cnc3n2S(=O)(=O)c2ccccc2)COC42CCNCC2)cn1. The summed E-state index contributed by atoms with van der Waals surface area (Å²) in [6, 6.07) is 14.9. The monoisotopic (exact) mass is 595 g/mol. The van der Waals surface area contributed by atoms with Gasteiger partial charge < -0.3 is 14.8 Å². The largest absolute Gasteiger partial charge is 0.366 e. The molecule has 10 heteroatoms. The summed E-state index contributed by atoms with van der Waals surface area (Å²) in [5, 5.41) is 8.76. The molecule has 3 aliphatic heterocycles. The minimum atomic E-state index is -4.07. The maximum absolute atomic E-state index is 14.7. The van der Waals surface area contributed by atoms with E-state index >= 15 is 0 Å². The van der Waals surface area contributed by atoms with Gasteiger partial charge in [0.2, 0.25) is 0 Å². The summed E-state index contributed by atoms with van der Waals surface area (Å²) in [6.07, 6.45) is 6.99. The highest BCUT2D eigenvalue weighted by Crippen LogP contribution is 2.52. The van der Waals surface area contributed by atoms with Crippen LogP contribution < -0.4 is 5.32 Å². The molecule has 0 amide bonds. The lowest BCUT2D eigenvalue weighted by Gasteiger charge is -2.34. The molecule has 0 radical (unpaired) electrons. The number of aromatic nitrogens is 4. The number of hydrogen-bond donors (Lipinski definition) is 1. The predicted molar refractivity (Wildman–Crippen MR) is 163 cm³/mol. The molecule has 3 aliphatic rings. The molecule has 2 aromatic carbocycles. The normalized spacial score (nSPS) is 18.8. The Morgan fingerprint density at radius 3 is 2.44 bits per heavy atom. The Hall–Kier alpha value is -3.83. The molecule has 1 saturated heterocycles. The molecule has 43 heavy (non-hydrogen) atoms. The molecule has 8 rings (SSSR count). The van der Waals surface area contributed by atoms with Crippen LogP contribution in [-0.2, 0) is 51.0 Å². The highest BCUT2D eigenvalue weighted by molar-refractivity contribution is 7.90. The molecule has 0 unspecified atom stereocenters. The van der Waals surface area contributed by atoms with Gasteiger partial charge in [0, 0.05) is 47.1 Å². The van der Waals surface area contributed by atoms with Crippen molar-refractivity contribution in [2.45, 2.75) is 56.0 Å². The fourth-order valence-corrected chi connectivity index (χ4v) is 8.73. The highest BCUT2D eigenvalue weighted by atomic mass is 32.2. The second-order valence-electron chi connectivity index (χ2n) is 12.3. The lowest BCUT2D eigenvalue weighted by Crippen LogP contribution is -2.39. The number of fused-ring (bicyclic) bond motifs is 5. The number of hydrogen-bond acceptors (Lipinski definition) is 7. The number of benzene rings is 2. The van der Waals surface area contributed by atoms with Gasteiger partial charge in [-0.25, -0.2) is 17.4 Å². The van der Waals surface area contributed by atoms with Crippen molar-refractivity contribution in [2.24, 2.45) is 7.05 Å². The van der Waals surface area contributed by atoms with E-state index in [4.69, 9.17) is 14.5 Å². The van der Waals surface area contributed by atoms with Crippen molar-refractivity contribution in [3.63, 3.8) is 0 Å². The van der Waals surface area contributed by atoms with E-state index in [9.17, 15) is 8.42 Å². The van der Waals surface area contributed by atoms with Gasteiger partial charge in [-0.3, -0.25) is 4.68 Å². The number of ether oxygens (including phenoxy) is 2. The zero-order valence-electron chi connectivity index (χ0n) is 24.4. The summed E-state index contributed by atoms with van der Waals surface area (Å²) in [5.41, 5.74) is 6.76. The van der Waals surface area contributed by atoms with Crippen LogP contribution in [0, 0.1) is 0 Å². The van der Waals surface area contributed by atoms with Crippen molar-refractivity contribution < 1.29 is 17.9 Å². The molecule has 0 aliphatic carbocycles. The summed E-state index contributed by atoms with van der Waals surface area (Å²) < 4.78 is 45.2. The van der Waals surface area contributed by atoms with Crippen molar-refractivity contribution in [3.05, 3.63) is 89.4 Å². The summed E-state index contributed by atoms with van der Waals surface area (Å²) in [7, 11) is -2.24. The van der Waals surface area contributed by atoms with E-state index in [1.807, 2.05) is 19.3 Å². The summed E-state index contributed by atoms with van der Waals surface area (Å²) in [5.74, 6) is 0. The van der Waals surface area contributed by atoms with Crippen molar-refractivity contribution in [3.8, 4) is 22.4 Å². The van der Waals surface area contributed by atoms with Gasteiger partial charge in [-0.1, -0.05) is 30.3 Å². The Morgan fingerprint density at radius 1 is 0.930 bits per heavy atom. The van der Waals surface area contributed by atoms with Gasteiger partial charge in [0.25, 0.3) is 10.0 Å². The molecule has 9 nitrogen and oxygen atoms in total. The fourth-order valence-electron chi connectivity index (χ4n) is 7.21. The van der Waals surface area contributed by atoms with Crippen LogP contribution in [0.2, 0.25) is 0 Å². The first-order valence-electron chi connectivity index (χ1n) is 14.7. The van der Waals surface area contributed by atoms with Gasteiger partial charge in [0.1, 0.15) is 0 Å². The molecule has 5 aromatic rings. The molecular weight excluding hydrogens is 562 g/mol. The number of piperidine rings is 1. The van der Waals surface area contributed by atoms with Crippen LogP contribution in [0.5, 0.6) is 0 Å². The number of nitrogens with zero attached hydrogens (tertiary/aromatic N) is 4. The van der Waals surface area contributed by atoms with Crippen molar-refractivity contribution in [2.75, 3.05) is 13.1 Å². The standard InChI is InChI=1S/C33H33N5O4S/c1-32(2)26-10-9-21(15-22(26)19-41-32)27-28-29-24(20-42-33(29)11-13-34-14-12-33)16-35-31(28)38(30(27)23-17-36-37(3)18-23)43(39,40)25-7-5-4-6-8-25/h4-10,15-18,34H,11-14,19-20H2,1-3H3. The van der Waals surface area contributed by atoms with E-state index < -0.39 is 15.6 Å². The van der Waals surface area contributed by atoms with Crippen LogP contribution in [0.15, 0.2) is 72.0 Å². The first-order valence-corrected chi connectivity index (χ1v) is 16.1. The third-order valence-electron chi connectivity index (χ3n) is 9.28. The molecule has 220 valence electrons. The second kappa shape index (κ2) is 9.33. The molecule has 1 N–H and O–H groups in total. The third-order valence-corrected chi connectivity index (χ3v) is 11.0. The van der Waals surface area contributed by atoms with Crippen LogP contribution in [0.1, 0.15) is 48.9 Å². The molecule has 3 aromatic heterocycles. The Morgan fingerprint density at radius 2 is 1.70 bits per heavy atom. The van der Waals surface area contributed by atoms with Gasteiger partial charge in [-0.15, -0.1) is 0 Å². The summed E-state index contributed by atoms with van der Waals surface area (Å²) in [6.45, 7) is 6.74. The molecule has 0 atom stereocenters. The Bertz CT molecular complexity index is 2020. The smallest absolute Gasteiger partial charge is 0.269 e. The number of aryl methyl sites for hydroxylation is 1. The Labute approximate surface area is 250 Å². The highest BCUT2D eigenvalue weighted by Gasteiger charge is 2.45. The van der Waals surface area contributed by atoms with E-state index in [2.05, 4.69) is 42.5 Å². The van der Waals surface area contributed by atoms with Gasteiger partial charge in [0.05, 0.1) is 41.2 Å². The zero-order chi connectivity index (χ0) is 29.6. The van der Waals surface area contributed by atoms with Crippen LogP contribution in [0.25, 0.3) is 33.4 Å². The summed E-state index contributed by atoms with van der Waals surface area (Å²) >= 11 is 0. The molecule has 1 spiro atoms. The maximum Gasteiger partial charge on any atom is 0.269 e. The Kier molecular flexibility index (Phi) is 5.81. The predicted octanol–water partition coefficient (Wildman–Crippen LogP) is 5.22. The maximum atomic E-state index is 14.7. The van der Waals surface area contributed by atoms with E-state index in [-0.39, 0.29) is 10.5 Å². The van der Waals surface area contributed by atoms with Crippen LogP contribution in [-0.4, -0.2) is 40.2 Å². The average molecular weight is 596 g/mol. The van der Waals surface area contributed by atoms with Crippen molar-refractivity contribution in [1.29, 1.82) is 0 Å². The van der Waals surface area contributed by atoms with Gasteiger partial charge in [-0.2, -0.15) is 5.10 Å². The molecule has 0 saturated carbocycles. The van der Waals surface area contributed by atoms with E-state index in [1.54, 1.807) is 41.3 Å². The topological polar surface area (TPSA) is 100 Å². The van der Waals surface area contributed by atoms with Gasteiger partial charge in [0.15, 0.2) is 5.65 Å². The van der Waals surface area contributed by atoms with E-state index in [0.29, 0.717) is 30.1 Å². The zero-order valence-corrected chi connectivity index (χ0v) is 25.2. The van der Waals surface area contributed by atoms with Crippen LogP contribution >= 0.6 is 0 Å². The lowest BCUT2D eigenvalue weighted by molar-refractivity contribution is -0.0582. The van der Waals surface area contributed by atoms with Gasteiger partial charge >= 0.3 is 0 Å². The van der Waals surface area contributed by atoms with Crippen molar-refractivity contribution in [1.82, 2.24) is 24.1 Å². The Balaban J connectivity index is 1.54.